The number of amides is 2. The minimum absolute atomic E-state index is 0.326. The van der Waals surface area contributed by atoms with Crippen molar-refractivity contribution < 1.29 is 18.0 Å². The Hall–Kier alpha value is -2.36. The number of carbonyl (C=O) groups excluding carboxylic acids is 1. The third-order valence-electron chi connectivity index (χ3n) is 3.71. The highest BCUT2D eigenvalue weighted by Crippen LogP contribution is 2.34. The molecule has 2 amide bonds. The molecule has 148 valence electrons. The van der Waals surface area contributed by atoms with Crippen LogP contribution in [0.2, 0.25) is 0 Å². The Morgan fingerprint density at radius 3 is 2.74 bits per heavy atom. The lowest BCUT2D eigenvalue weighted by atomic mass is 10.1. The van der Waals surface area contributed by atoms with E-state index in [-0.39, 0.29) is 6.03 Å². The molecule has 0 saturated heterocycles. The number of halogens is 3. The molecule has 0 aliphatic carbocycles. The third kappa shape index (κ3) is 5.31. The van der Waals surface area contributed by atoms with Gasteiger partial charge in [0, 0.05) is 30.6 Å². The van der Waals surface area contributed by atoms with Crippen LogP contribution in [-0.2, 0) is 19.1 Å². The van der Waals surface area contributed by atoms with E-state index in [1.54, 1.807) is 0 Å². The molecular formula is C17H22F3N5OS. The minimum Gasteiger partial charge on any atom is -0.365 e. The Labute approximate surface area is 159 Å². The fraction of sp³-hybridized carbons (Fsp3) is 0.471. The quantitative estimate of drug-likeness (QED) is 0.805. The average molecular weight is 401 g/mol. The van der Waals surface area contributed by atoms with Gasteiger partial charge in [0.15, 0.2) is 5.13 Å². The predicted molar refractivity (Wildman–Crippen MR) is 100 cm³/mol. The first kappa shape index (κ1) is 20.9. The maximum Gasteiger partial charge on any atom is 0.417 e. The van der Waals surface area contributed by atoms with E-state index < -0.39 is 11.7 Å². The van der Waals surface area contributed by atoms with Gasteiger partial charge < -0.3 is 10.2 Å². The normalized spacial score (nSPS) is 13.3. The molecule has 3 heterocycles. The van der Waals surface area contributed by atoms with Crippen LogP contribution in [0.5, 0.6) is 0 Å². The second-order valence-corrected chi connectivity index (χ2v) is 6.56. The van der Waals surface area contributed by atoms with Crippen molar-refractivity contribution in [2.75, 3.05) is 23.3 Å². The molecule has 1 aliphatic rings. The van der Waals surface area contributed by atoms with E-state index in [0.717, 1.165) is 22.8 Å². The van der Waals surface area contributed by atoms with Gasteiger partial charge >= 0.3 is 12.2 Å². The predicted octanol–water partition coefficient (Wildman–Crippen LogP) is 4.29. The highest BCUT2D eigenvalue weighted by molar-refractivity contribution is 7.15. The van der Waals surface area contributed by atoms with Crippen LogP contribution < -0.4 is 15.5 Å². The summed E-state index contributed by atoms with van der Waals surface area (Å²) in [5.74, 6) is 0. The maximum absolute atomic E-state index is 12.8. The van der Waals surface area contributed by atoms with Crippen molar-refractivity contribution in [2.24, 2.45) is 0 Å². The minimum atomic E-state index is -4.42. The zero-order chi connectivity index (χ0) is 20.0. The molecular weight excluding hydrogens is 379 g/mol. The van der Waals surface area contributed by atoms with Gasteiger partial charge in [-0.1, -0.05) is 25.2 Å². The van der Waals surface area contributed by atoms with Crippen LogP contribution >= 0.6 is 11.3 Å². The molecule has 0 unspecified atom stereocenters. The van der Waals surface area contributed by atoms with Crippen molar-refractivity contribution in [3.05, 3.63) is 34.6 Å². The number of rotatable bonds is 3. The fourth-order valence-corrected chi connectivity index (χ4v) is 3.55. The Kier molecular flexibility index (Phi) is 7.00. The molecule has 0 aromatic carbocycles. The van der Waals surface area contributed by atoms with Gasteiger partial charge in [-0.15, -0.1) is 0 Å². The van der Waals surface area contributed by atoms with Gasteiger partial charge in [0.1, 0.15) is 0 Å². The van der Waals surface area contributed by atoms with Crippen molar-refractivity contribution in [1.82, 2.24) is 15.3 Å². The first-order valence-electron chi connectivity index (χ1n) is 8.67. The van der Waals surface area contributed by atoms with Crippen LogP contribution in [-0.4, -0.2) is 29.1 Å². The van der Waals surface area contributed by atoms with Crippen LogP contribution in [0, 0.1) is 0 Å². The van der Waals surface area contributed by atoms with Gasteiger partial charge in [-0.05, 0) is 13.0 Å². The summed E-state index contributed by atoms with van der Waals surface area (Å²) >= 11 is 1.33. The van der Waals surface area contributed by atoms with Gasteiger partial charge in [-0.2, -0.15) is 13.2 Å². The largest absolute Gasteiger partial charge is 0.417 e. The van der Waals surface area contributed by atoms with Gasteiger partial charge in [-0.25, -0.2) is 9.78 Å². The maximum atomic E-state index is 12.8. The first-order chi connectivity index (χ1) is 12.9. The number of hydrogen-bond acceptors (Lipinski definition) is 5. The second kappa shape index (κ2) is 9.03. The Balaban J connectivity index is 0.00000126. The lowest BCUT2D eigenvalue weighted by molar-refractivity contribution is -0.137. The van der Waals surface area contributed by atoms with E-state index in [2.05, 4.69) is 20.6 Å². The zero-order valence-corrected chi connectivity index (χ0v) is 16.2. The number of hydrogen-bond donors (Lipinski definition) is 2. The van der Waals surface area contributed by atoms with Crippen molar-refractivity contribution in [3.8, 4) is 0 Å². The molecule has 1 aliphatic heterocycles. The molecule has 10 heteroatoms. The van der Waals surface area contributed by atoms with Crippen molar-refractivity contribution in [1.29, 1.82) is 0 Å². The topological polar surface area (TPSA) is 70.2 Å². The van der Waals surface area contributed by atoms with Crippen molar-refractivity contribution in [2.45, 2.75) is 39.9 Å². The highest BCUT2D eigenvalue weighted by Gasteiger charge is 2.32. The van der Waals surface area contributed by atoms with E-state index in [9.17, 15) is 18.0 Å². The summed E-state index contributed by atoms with van der Waals surface area (Å²) in [5.41, 5.74) is 0.527. The molecule has 2 aromatic heterocycles. The summed E-state index contributed by atoms with van der Waals surface area (Å²) in [6.45, 7) is 7.30. The number of anilines is 2. The summed E-state index contributed by atoms with van der Waals surface area (Å²) in [6.07, 6.45) is -1.58. The number of carbonyl (C=O) groups is 1. The van der Waals surface area contributed by atoms with Gasteiger partial charge in [0.05, 0.1) is 29.7 Å². The Morgan fingerprint density at radius 1 is 1.33 bits per heavy atom. The molecule has 0 radical (unpaired) electrons. The number of fused-ring (bicyclic) bond motifs is 1. The number of nitrogens with zero attached hydrogens (tertiary/aromatic N) is 3. The van der Waals surface area contributed by atoms with E-state index in [0.29, 0.717) is 36.9 Å². The average Bonchev–Trinajstić information content (AvgIpc) is 3.04. The van der Waals surface area contributed by atoms with Crippen LogP contribution in [0.4, 0.5) is 28.8 Å². The van der Waals surface area contributed by atoms with Crippen LogP contribution in [0.1, 0.15) is 36.9 Å². The fourth-order valence-electron chi connectivity index (χ4n) is 2.53. The lowest BCUT2D eigenvalue weighted by Crippen LogP contribution is -2.30. The molecule has 0 spiro atoms. The molecule has 0 bridgehead atoms. The van der Waals surface area contributed by atoms with Crippen LogP contribution in [0.15, 0.2) is 18.5 Å². The van der Waals surface area contributed by atoms with E-state index >= 15 is 0 Å². The van der Waals surface area contributed by atoms with Gasteiger partial charge in [0.25, 0.3) is 0 Å². The van der Waals surface area contributed by atoms with Crippen LogP contribution in [0.3, 0.4) is 0 Å². The first-order valence-corrected chi connectivity index (χ1v) is 9.49. The molecule has 27 heavy (non-hydrogen) atoms. The number of thiazole rings is 1. The van der Waals surface area contributed by atoms with Gasteiger partial charge in [-0.3, -0.25) is 10.3 Å². The van der Waals surface area contributed by atoms with Crippen molar-refractivity contribution >= 4 is 28.2 Å². The monoisotopic (exact) mass is 401 g/mol. The van der Waals surface area contributed by atoms with Crippen molar-refractivity contribution in [3.63, 3.8) is 0 Å². The van der Waals surface area contributed by atoms with E-state index in [1.165, 1.54) is 17.5 Å². The van der Waals surface area contributed by atoms with Gasteiger partial charge in [0.2, 0.25) is 0 Å². The molecule has 0 atom stereocenters. The summed E-state index contributed by atoms with van der Waals surface area (Å²) < 4.78 is 38.5. The molecule has 2 aromatic rings. The molecule has 6 nitrogen and oxygen atoms in total. The Bertz CT molecular complexity index is 778. The summed E-state index contributed by atoms with van der Waals surface area (Å²) in [4.78, 5) is 22.4. The zero-order valence-electron chi connectivity index (χ0n) is 15.4. The molecule has 0 saturated carbocycles. The summed E-state index contributed by atoms with van der Waals surface area (Å²) in [7, 11) is 0. The Morgan fingerprint density at radius 2 is 2.07 bits per heavy atom. The lowest BCUT2D eigenvalue weighted by Gasteiger charge is -2.28. The number of aromatic nitrogens is 2. The van der Waals surface area contributed by atoms with E-state index in [1.807, 2.05) is 25.7 Å². The molecule has 3 rings (SSSR count). The summed E-state index contributed by atoms with van der Waals surface area (Å²) in [5, 5.41) is 5.77. The standard InChI is InChI=1S/C15H16F3N5OS.C2H6/c1-2-20-13(24)22-14-21-11-3-4-23(8-12(11)25-14)10-5-9(6-19-7-10)15(16,17)18;1-2/h5-7H,2-4,8H2,1H3,(H2,20,21,22,24);1-2H3. The SMILES string of the molecule is CC.CCNC(=O)Nc1nc2c(s1)CN(c1cncc(C(F)(F)F)c1)CC2. The number of urea groups is 1. The number of nitrogens with one attached hydrogen (secondary N) is 2. The molecule has 2 N–H and O–H groups in total. The highest BCUT2D eigenvalue weighted by atomic mass is 32.1. The third-order valence-corrected chi connectivity index (χ3v) is 4.70. The van der Waals surface area contributed by atoms with Crippen LogP contribution in [0.25, 0.3) is 0 Å². The smallest absolute Gasteiger partial charge is 0.365 e. The number of alkyl halides is 3. The molecule has 0 fully saturated rings. The van der Waals surface area contributed by atoms with E-state index in [4.69, 9.17) is 0 Å². The second-order valence-electron chi connectivity index (χ2n) is 5.47. The summed E-state index contributed by atoms with van der Waals surface area (Å²) in [6, 6.07) is 0.778. The number of pyridine rings is 1.